The number of anilines is 1. The first kappa shape index (κ1) is 18.8. The molecule has 0 unspecified atom stereocenters. The fraction of sp³-hybridized carbons (Fsp3) is 0.211. The minimum absolute atomic E-state index is 0.196. The monoisotopic (exact) mass is 390 g/mol. The van der Waals surface area contributed by atoms with Crippen LogP contribution < -0.4 is 9.64 Å². The largest absolute Gasteiger partial charge is 0.495 e. The van der Waals surface area contributed by atoms with E-state index in [-0.39, 0.29) is 31.0 Å². The van der Waals surface area contributed by atoms with Crippen molar-refractivity contribution in [3.63, 3.8) is 0 Å². The van der Waals surface area contributed by atoms with Crippen molar-refractivity contribution in [2.75, 3.05) is 31.6 Å². The minimum atomic E-state index is -0.774. The number of halogens is 2. The van der Waals surface area contributed by atoms with Crippen LogP contribution in [-0.4, -0.2) is 49.2 Å². The highest BCUT2D eigenvalue weighted by Crippen LogP contribution is 2.30. The molecule has 8 heteroatoms. The van der Waals surface area contributed by atoms with Crippen LogP contribution in [0.15, 0.2) is 42.5 Å². The number of nitrogens with zero attached hydrogens (tertiary/aromatic N) is 2. The van der Waals surface area contributed by atoms with Crippen LogP contribution in [0.3, 0.4) is 0 Å². The molecule has 2 amide bonds. The van der Waals surface area contributed by atoms with Gasteiger partial charge in [0.05, 0.1) is 18.7 Å². The van der Waals surface area contributed by atoms with Gasteiger partial charge >= 0.3 is 11.8 Å². The van der Waals surface area contributed by atoms with E-state index in [1.807, 2.05) is 0 Å². The molecule has 2 aromatic carbocycles. The smallest absolute Gasteiger partial charge is 0.316 e. The van der Waals surface area contributed by atoms with Crippen molar-refractivity contribution in [2.24, 2.45) is 0 Å². The number of piperazine rings is 1. The minimum Gasteiger partial charge on any atom is -0.495 e. The second-order valence-electron chi connectivity index (χ2n) is 5.93. The number of ether oxygens (including phenoxy) is 1. The number of carbonyl (C=O) groups is 3. The molecule has 140 valence electrons. The summed E-state index contributed by atoms with van der Waals surface area (Å²) >= 11 is 6.08. The number of amides is 2. The molecule has 1 aliphatic rings. The number of methoxy groups -OCH3 is 1. The van der Waals surface area contributed by atoms with Crippen LogP contribution in [0.5, 0.6) is 5.75 Å². The summed E-state index contributed by atoms with van der Waals surface area (Å²) in [5.74, 6) is -1.87. The Morgan fingerprint density at radius 3 is 2.44 bits per heavy atom. The molecule has 1 fully saturated rings. The topological polar surface area (TPSA) is 66.9 Å². The summed E-state index contributed by atoms with van der Waals surface area (Å²) in [6, 6.07) is 9.83. The highest BCUT2D eigenvalue weighted by atomic mass is 35.5. The summed E-state index contributed by atoms with van der Waals surface area (Å²) in [5, 5.41) is 0.323. The molecular weight excluding hydrogens is 375 g/mol. The van der Waals surface area contributed by atoms with Gasteiger partial charge in [-0.3, -0.25) is 14.4 Å². The summed E-state index contributed by atoms with van der Waals surface area (Å²) in [6.45, 7) is 0.179. The van der Waals surface area contributed by atoms with Gasteiger partial charge in [0.15, 0.2) is 5.78 Å². The maximum absolute atomic E-state index is 13.0. The lowest BCUT2D eigenvalue weighted by molar-refractivity contribution is -0.145. The van der Waals surface area contributed by atoms with Crippen molar-refractivity contribution in [1.82, 2.24) is 4.90 Å². The van der Waals surface area contributed by atoms with Gasteiger partial charge in [-0.1, -0.05) is 11.6 Å². The normalized spacial score (nSPS) is 14.5. The van der Waals surface area contributed by atoms with Gasteiger partial charge in [0.25, 0.3) is 0 Å². The highest BCUT2D eigenvalue weighted by molar-refractivity contribution is 6.41. The average molecular weight is 391 g/mol. The molecule has 1 aliphatic heterocycles. The average Bonchev–Trinajstić information content (AvgIpc) is 2.66. The summed E-state index contributed by atoms with van der Waals surface area (Å²) in [4.78, 5) is 39.6. The lowest BCUT2D eigenvalue weighted by Crippen LogP contribution is -2.55. The third kappa shape index (κ3) is 3.93. The van der Waals surface area contributed by atoms with Crippen LogP contribution >= 0.6 is 11.6 Å². The number of hydrogen-bond donors (Lipinski definition) is 0. The first-order valence-corrected chi connectivity index (χ1v) is 8.51. The van der Waals surface area contributed by atoms with Crippen LogP contribution in [0, 0.1) is 5.82 Å². The van der Waals surface area contributed by atoms with Gasteiger partial charge in [0.2, 0.25) is 0 Å². The van der Waals surface area contributed by atoms with E-state index in [2.05, 4.69) is 0 Å². The Labute approximate surface area is 160 Å². The Bertz CT molecular complexity index is 901. The second kappa shape index (κ2) is 7.75. The summed E-state index contributed by atoms with van der Waals surface area (Å²) in [5.41, 5.74) is 0.754. The summed E-state index contributed by atoms with van der Waals surface area (Å²) in [6.07, 6.45) is 0. The van der Waals surface area contributed by atoms with Crippen molar-refractivity contribution in [3.05, 3.63) is 58.9 Å². The maximum atomic E-state index is 13.0. The summed E-state index contributed by atoms with van der Waals surface area (Å²) < 4.78 is 18.0. The lowest BCUT2D eigenvalue weighted by atomic mass is 10.1. The van der Waals surface area contributed by atoms with Gasteiger partial charge < -0.3 is 14.5 Å². The second-order valence-corrected chi connectivity index (χ2v) is 6.34. The predicted molar refractivity (Wildman–Crippen MR) is 97.7 cm³/mol. The Balaban J connectivity index is 1.71. The van der Waals surface area contributed by atoms with Gasteiger partial charge in [0.1, 0.15) is 11.6 Å². The Morgan fingerprint density at radius 2 is 1.81 bits per heavy atom. The molecule has 0 atom stereocenters. The van der Waals surface area contributed by atoms with Crippen molar-refractivity contribution in [2.45, 2.75) is 0 Å². The lowest BCUT2D eigenvalue weighted by Gasteiger charge is -2.33. The molecule has 2 aromatic rings. The summed E-state index contributed by atoms with van der Waals surface area (Å²) in [7, 11) is 1.48. The van der Waals surface area contributed by atoms with Gasteiger partial charge in [-0.2, -0.15) is 0 Å². The molecule has 0 spiro atoms. The molecule has 0 saturated carbocycles. The van der Waals surface area contributed by atoms with E-state index in [0.29, 0.717) is 16.5 Å². The van der Waals surface area contributed by atoms with Crippen molar-refractivity contribution >= 4 is 34.9 Å². The van der Waals surface area contributed by atoms with E-state index in [0.717, 1.165) is 0 Å². The van der Waals surface area contributed by atoms with Gasteiger partial charge in [-0.05, 0) is 42.5 Å². The van der Waals surface area contributed by atoms with Crippen molar-refractivity contribution in [1.29, 1.82) is 0 Å². The van der Waals surface area contributed by atoms with Crippen molar-refractivity contribution < 1.29 is 23.5 Å². The van der Waals surface area contributed by atoms with E-state index in [1.165, 1.54) is 41.2 Å². The van der Waals surface area contributed by atoms with E-state index in [4.69, 9.17) is 16.3 Å². The van der Waals surface area contributed by atoms with Crippen LogP contribution in [0.1, 0.15) is 10.4 Å². The number of ketones is 1. The molecule has 3 rings (SSSR count). The quantitative estimate of drug-likeness (QED) is 0.581. The Kier molecular flexibility index (Phi) is 5.41. The van der Waals surface area contributed by atoms with E-state index >= 15 is 0 Å². The maximum Gasteiger partial charge on any atom is 0.316 e. The highest BCUT2D eigenvalue weighted by Gasteiger charge is 2.34. The fourth-order valence-electron chi connectivity index (χ4n) is 2.80. The van der Waals surface area contributed by atoms with Crippen LogP contribution in [0.2, 0.25) is 5.02 Å². The number of hydrogen-bond acceptors (Lipinski definition) is 4. The fourth-order valence-corrected chi connectivity index (χ4v) is 3.05. The van der Waals surface area contributed by atoms with E-state index in [1.54, 1.807) is 18.2 Å². The Morgan fingerprint density at radius 1 is 1.11 bits per heavy atom. The molecule has 1 heterocycles. The number of carbonyl (C=O) groups excluding carboxylic acids is 3. The molecule has 1 saturated heterocycles. The first-order chi connectivity index (χ1) is 12.9. The molecule has 0 radical (unpaired) electrons. The first-order valence-electron chi connectivity index (χ1n) is 8.14. The van der Waals surface area contributed by atoms with Crippen LogP contribution in [0.25, 0.3) is 0 Å². The zero-order chi connectivity index (χ0) is 19.6. The zero-order valence-electron chi connectivity index (χ0n) is 14.4. The molecule has 6 nitrogen and oxygen atoms in total. The standard InChI is InChI=1S/C19H16ClFN2O4/c1-27-17-7-6-14(10-15(17)20)23-9-8-22(18(25)19(23)26)11-16(24)12-2-4-13(21)5-3-12/h2-7,10H,8-9,11H2,1H3. The predicted octanol–water partition coefficient (Wildman–Crippen LogP) is 2.55. The molecule has 27 heavy (non-hydrogen) atoms. The van der Waals surface area contributed by atoms with E-state index in [9.17, 15) is 18.8 Å². The Hall–Kier alpha value is -2.93. The van der Waals surface area contributed by atoms with Crippen molar-refractivity contribution in [3.8, 4) is 5.75 Å². The molecule has 0 aromatic heterocycles. The van der Waals surface area contributed by atoms with Gasteiger partial charge in [0, 0.05) is 24.3 Å². The van der Waals surface area contributed by atoms with E-state index < -0.39 is 17.6 Å². The van der Waals surface area contributed by atoms with Crippen LogP contribution in [-0.2, 0) is 9.59 Å². The van der Waals surface area contributed by atoms with Crippen LogP contribution in [0.4, 0.5) is 10.1 Å². The number of rotatable bonds is 5. The molecular formula is C19H16ClFN2O4. The number of Topliss-reactive ketones (excluding diaryl/α,β-unsaturated/α-hetero) is 1. The van der Waals surface area contributed by atoms with Gasteiger partial charge in [-0.15, -0.1) is 0 Å². The SMILES string of the molecule is COc1ccc(N2CCN(CC(=O)c3ccc(F)cc3)C(=O)C2=O)cc1Cl. The van der Waals surface area contributed by atoms with Gasteiger partial charge in [-0.25, -0.2) is 4.39 Å². The molecule has 0 N–H and O–H groups in total. The molecule has 0 bridgehead atoms. The zero-order valence-corrected chi connectivity index (χ0v) is 15.2. The number of benzene rings is 2. The third-order valence-electron chi connectivity index (χ3n) is 4.26. The third-order valence-corrected chi connectivity index (χ3v) is 4.55. The molecule has 0 aliphatic carbocycles.